The number of piperidine rings is 1. The first kappa shape index (κ1) is 20.6. The van der Waals surface area contributed by atoms with Crippen LogP contribution >= 0.6 is 0 Å². The predicted molar refractivity (Wildman–Crippen MR) is 127 cm³/mol. The molecule has 34 heavy (non-hydrogen) atoms. The Balaban J connectivity index is 1.27. The van der Waals surface area contributed by atoms with E-state index < -0.39 is 6.10 Å². The molecule has 0 amide bonds. The lowest BCUT2D eigenvalue weighted by Gasteiger charge is -2.67. The summed E-state index contributed by atoms with van der Waals surface area (Å²) in [6.45, 7) is 2.35. The first-order chi connectivity index (χ1) is 16.7. The molecule has 1 spiro atoms. The van der Waals surface area contributed by atoms with Crippen molar-refractivity contribution >= 4 is 16.9 Å². The lowest BCUT2D eigenvalue weighted by atomic mass is 9.53. The van der Waals surface area contributed by atoms with Crippen LogP contribution in [0.5, 0.6) is 5.75 Å². The summed E-state index contributed by atoms with van der Waals surface area (Å²) in [5.74, 6) is 2.36. The monoisotopic (exact) mass is 462 g/mol. The van der Waals surface area contributed by atoms with Crippen LogP contribution in [0.2, 0.25) is 0 Å². The summed E-state index contributed by atoms with van der Waals surface area (Å²) in [7, 11) is 1.81. The molecule has 2 N–H and O–H groups in total. The Bertz CT molecular complexity index is 1240. The number of aliphatic hydroxyl groups is 1. The predicted octanol–water partition coefficient (Wildman–Crippen LogP) is 2.15. The molecule has 9 nitrogen and oxygen atoms in total. The van der Waals surface area contributed by atoms with Gasteiger partial charge in [-0.2, -0.15) is 5.10 Å². The van der Waals surface area contributed by atoms with Crippen molar-refractivity contribution in [1.29, 1.82) is 0 Å². The molecule has 7 rings (SSSR count). The van der Waals surface area contributed by atoms with E-state index in [4.69, 9.17) is 24.5 Å². The lowest BCUT2D eigenvalue weighted by molar-refractivity contribution is -0.0127. The Morgan fingerprint density at radius 2 is 2.18 bits per heavy atom. The second-order valence-electron chi connectivity index (χ2n) is 10.2. The minimum absolute atomic E-state index is 0.225. The van der Waals surface area contributed by atoms with Crippen molar-refractivity contribution < 1.29 is 14.6 Å². The number of aromatic nitrogens is 4. The first-order valence-corrected chi connectivity index (χ1v) is 12.4. The molecule has 0 radical (unpaired) electrons. The number of ether oxygens (including phenoxy) is 2. The highest BCUT2D eigenvalue weighted by Crippen LogP contribution is 2.62. The summed E-state index contributed by atoms with van der Waals surface area (Å²) in [6.07, 6.45) is 6.12. The molecule has 3 aromatic rings. The lowest BCUT2D eigenvalue weighted by Crippen LogP contribution is -2.77. The van der Waals surface area contributed by atoms with Gasteiger partial charge in [-0.1, -0.05) is 12.1 Å². The maximum atomic E-state index is 10.00. The zero-order valence-electron chi connectivity index (χ0n) is 19.4. The summed E-state index contributed by atoms with van der Waals surface area (Å²) in [5.41, 5.74) is 2.13. The SMILES string of the molecule is CNCC(O)COc1cccc(-c2nc(N3C4CCC45COCC35)c3cnn(C4CC4)c3n2)c1. The van der Waals surface area contributed by atoms with Gasteiger partial charge in [-0.3, -0.25) is 0 Å². The zero-order chi connectivity index (χ0) is 22.9. The fourth-order valence-corrected chi connectivity index (χ4v) is 6.06. The molecule has 4 unspecified atom stereocenters. The topological polar surface area (TPSA) is 97.6 Å². The normalized spacial score (nSPS) is 28.2. The highest BCUT2D eigenvalue weighted by Gasteiger charge is 2.69. The summed E-state index contributed by atoms with van der Waals surface area (Å²) in [4.78, 5) is 12.6. The Hall–Kier alpha value is -2.75. The van der Waals surface area contributed by atoms with E-state index in [9.17, 15) is 5.11 Å². The molecule has 178 valence electrons. The van der Waals surface area contributed by atoms with Crippen LogP contribution in [0, 0.1) is 5.41 Å². The van der Waals surface area contributed by atoms with Crippen LogP contribution in [-0.2, 0) is 4.74 Å². The maximum Gasteiger partial charge on any atom is 0.164 e. The Kier molecular flexibility index (Phi) is 4.62. The molecule has 0 bridgehead atoms. The quantitative estimate of drug-likeness (QED) is 0.526. The van der Waals surface area contributed by atoms with Gasteiger partial charge in [0.2, 0.25) is 0 Å². The molecular formula is C25H30N6O3. The number of hydrogen-bond acceptors (Lipinski definition) is 8. The van der Waals surface area contributed by atoms with Gasteiger partial charge in [0.25, 0.3) is 0 Å². The second kappa shape index (κ2) is 7.63. The van der Waals surface area contributed by atoms with Gasteiger partial charge in [0, 0.05) is 23.6 Å². The van der Waals surface area contributed by atoms with Crippen LogP contribution in [0.1, 0.15) is 31.7 Å². The van der Waals surface area contributed by atoms with E-state index in [0.717, 1.165) is 48.5 Å². The number of nitrogens with one attached hydrogen (secondary N) is 1. The highest BCUT2D eigenvalue weighted by molar-refractivity contribution is 5.90. The van der Waals surface area contributed by atoms with Gasteiger partial charge in [0.15, 0.2) is 11.5 Å². The van der Waals surface area contributed by atoms with E-state index in [-0.39, 0.29) is 6.61 Å². The zero-order valence-corrected chi connectivity index (χ0v) is 19.4. The standard InChI is InChI=1S/C25H30N6O3/c1-26-10-17(32)12-34-18-4-2-3-15(9-18)22-28-23(19-11-27-31(16-5-6-16)24(19)29-22)30-20-7-8-25(20)14-33-13-21(25)30/h2-4,9,11,16-17,20-21,26,32H,5-8,10,12-14H2,1H3. The third-order valence-electron chi connectivity index (χ3n) is 8.07. The van der Waals surface area contributed by atoms with Crippen molar-refractivity contribution in [2.75, 3.05) is 38.3 Å². The van der Waals surface area contributed by atoms with Gasteiger partial charge in [0.1, 0.15) is 24.3 Å². The average Bonchev–Trinajstić information content (AvgIpc) is 3.44. The largest absolute Gasteiger partial charge is 0.491 e. The number of benzene rings is 1. The molecule has 4 aliphatic rings. The van der Waals surface area contributed by atoms with Crippen LogP contribution in [0.3, 0.4) is 0 Å². The fraction of sp³-hybridized carbons (Fsp3) is 0.560. The van der Waals surface area contributed by atoms with Crippen LogP contribution in [0.4, 0.5) is 5.82 Å². The summed E-state index contributed by atoms with van der Waals surface area (Å²) < 4.78 is 13.8. The Morgan fingerprint density at radius 3 is 2.97 bits per heavy atom. The molecule has 2 saturated carbocycles. The third kappa shape index (κ3) is 3.00. The van der Waals surface area contributed by atoms with Crippen molar-refractivity contribution in [3.8, 4) is 17.1 Å². The van der Waals surface area contributed by atoms with E-state index in [1.165, 1.54) is 12.8 Å². The molecule has 1 aromatic carbocycles. The molecule has 2 aliphatic heterocycles. The Labute approximate surface area is 198 Å². The maximum absolute atomic E-state index is 10.00. The minimum atomic E-state index is -0.566. The van der Waals surface area contributed by atoms with Crippen LogP contribution in [0.25, 0.3) is 22.4 Å². The van der Waals surface area contributed by atoms with E-state index in [0.29, 0.717) is 41.7 Å². The van der Waals surface area contributed by atoms with E-state index in [1.807, 2.05) is 37.5 Å². The highest BCUT2D eigenvalue weighted by atomic mass is 16.5. The number of aliphatic hydroxyl groups excluding tert-OH is 1. The number of nitrogens with zero attached hydrogens (tertiary/aromatic N) is 5. The van der Waals surface area contributed by atoms with Crippen molar-refractivity contribution in [1.82, 2.24) is 25.1 Å². The van der Waals surface area contributed by atoms with Gasteiger partial charge in [0.05, 0.1) is 36.9 Å². The van der Waals surface area contributed by atoms with Crippen molar-refractivity contribution in [2.45, 2.75) is 49.9 Å². The van der Waals surface area contributed by atoms with Crippen LogP contribution in [0.15, 0.2) is 30.5 Å². The smallest absolute Gasteiger partial charge is 0.164 e. The molecule has 4 atom stereocenters. The number of hydrogen-bond donors (Lipinski definition) is 2. The molecule has 4 fully saturated rings. The van der Waals surface area contributed by atoms with Gasteiger partial charge in [-0.05, 0) is 44.9 Å². The summed E-state index contributed by atoms with van der Waals surface area (Å²) >= 11 is 0. The number of rotatable bonds is 8. The van der Waals surface area contributed by atoms with E-state index >= 15 is 0 Å². The fourth-order valence-electron chi connectivity index (χ4n) is 6.06. The molecule has 2 saturated heterocycles. The molecule has 4 heterocycles. The van der Waals surface area contributed by atoms with Crippen molar-refractivity contribution in [3.05, 3.63) is 30.5 Å². The van der Waals surface area contributed by atoms with E-state index in [1.54, 1.807) is 0 Å². The van der Waals surface area contributed by atoms with Gasteiger partial charge < -0.3 is 24.8 Å². The summed E-state index contributed by atoms with van der Waals surface area (Å²) in [5, 5.41) is 18.7. The number of likely N-dealkylation sites (N-methyl/N-ethyl adjacent to an activating group) is 1. The Morgan fingerprint density at radius 1 is 1.26 bits per heavy atom. The van der Waals surface area contributed by atoms with Crippen LogP contribution < -0.4 is 15.0 Å². The third-order valence-corrected chi connectivity index (χ3v) is 8.07. The van der Waals surface area contributed by atoms with Gasteiger partial charge in [-0.25, -0.2) is 14.6 Å². The summed E-state index contributed by atoms with van der Waals surface area (Å²) in [6, 6.07) is 9.15. The number of anilines is 1. The second-order valence-corrected chi connectivity index (χ2v) is 10.2. The molecular weight excluding hydrogens is 432 g/mol. The van der Waals surface area contributed by atoms with Crippen LogP contribution in [-0.4, -0.2) is 76.5 Å². The molecule has 9 heteroatoms. The number of fused-ring (bicyclic) bond motifs is 1. The minimum Gasteiger partial charge on any atom is -0.491 e. The van der Waals surface area contributed by atoms with Gasteiger partial charge >= 0.3 is 0 Å². The van der Waals surface area contributed by atoms with Crippen molar-refractivity contribution in [3.63, 3.8) is 0 Å². The van der Waals surface area contributed by atoms with Crippen molar-refractivity contribution in [2.24, 2.45) is 5.41 Å². The first-order valence-electron chi connectivity index (χ1n) is 12.4. The van der Waals surface area contributed by atoms with E-state index in [2.05, 4.69) is 14.9 Å². The van der Waals surface area contributed by atoms with Gasteiger partial charge in [-0.15, -0.1) is 0 Å². The molecule has 2 aromatic heterocycles. The average molecular weight is 463 g/mol. The molecule has 2 aliphatic carbocycles.